The highest BCUT2D eigenvalue weighted by atomic mass is 32.1. The summed E-state index contributed by atoms with van der Waals surface area (Å²) in [5, 5.41) is 3.95. The Morgan fingerprint density at radius 1 is 1.41 bits per heavy atom. The molecule has 22 heavy (non-hydrogen) atoms. The molecule has 2 N–H and O–H groups in total. The third kappa shape index (κ3) is 4.44. The molecule has 1 aromatic heterocycles. The molecule has 1 aromatic carbocycles. The van der Waals surface area contributed by atoms with E-state index in [2.05, 4.69) is 42.8 Å². The maximum Gasteiger partial charge on any atom is 0.216 e. The van der Waals surface area contributed by atoms with Gasteiger partial charge in [0.05, 0.1) is 5.52 Å². The molecule has 4 nitrogen and oxygen atoms in total. The van der Waals surface area contributed by atoms with Crippen molar-refractivity contribution in [1.82, 2.24) is 10.3 Å². The number of fused-ring (bicyclic) bond motifs is 1. The Bertz CT molecular complexity index is 637. The molecule has 0 fully saturated rings. The van der Waals surface area contributed by atoms with Crippen LogP contribution in [-0.4, -0.2) is 22.9 Å². The topological polar surface area (TPSA) is 54.1 Å². The number of amides is 1. The van der Waals surface area contributed by atoms with Crippen LogP contribution < -0.4 is 10.1 Å². The second kappa shape index (κ2) is 7.58. The minimum Gasteiger partial charge on any atom is -0.478 e. The number of para-hydroxylation sites is 1. The fourth-order valence-corrected chi connectivity index (χ4v) is 3.00. The molecule has 1 unspecified atom stereocenters. The fraction of sp³-hybridized carbons (Fsp3) is 0.471. The molecule has 2 rings (SSSR count). The predicted octanol–water partition coefficient (Wildman–Crippen LogP) is 3.53. The summed E-state index contributed by atoms with van der Waals surface area (Å²) < 4.78 is 5.96. The molecule has 1 atom stereocenters. The van der Waals surface area contributed by atoms with Crippen LogP contribution in [-0.2, 0) is 11.2 Å². The van der Waals surface area contributed by atoms with Gasteiger partial charge in [-0.3, -0.25) is 4.79 Å². The molecular formula is C17H24N2O2S. The molecule has 120 valence electrons. The lowest BCUT2D eigenvalue weighted by Crippen LogP contribution is -2.22. The quantitative estimate of drug-likeness (QED) is 0.540. The Balaban J connectivity index is 2.13. The van der Waals surface area contributed by atoms with Gasteiger partial charge in [0, 0.05) is 25.1 Å². The molecule has 0 bridgehead atoms. The number of aromatic amines is 1. The normalized spacial score (nSPS) is 12.6. The number of aromatic nitrogens is 1. The summed E-state index contributed by atoms with van der Waals surface area (Å²) in [5.41, 5.74) is 2.05. The van der Waals surface area contributed by atoms with Crippen molar-refractivity contribution in [3.05, 3.63) is 30.0 Å². The van der Waals surface area contributed by atoms with E-state index in [0.29, 0.717) is 12.5 Å². The number of carbonyl (C=O) groups is 1. The Morgan fingerprint density at radius 2 is 2.18 bits per heavy atom. The van der Waals surface area contributed by atoms with E-state index >= 15 is 0 Å². The van der Waals surface area contributed by atoms with E-state index in [4.69, 9.17) is 4.74 Å². The molecule has 0 aliphatic rings. The molecule has 0 saturated carbocycles. The first-order chi connectivity index (χ1) is 10.5. The van der Waals surface area contributed by atoms with Gasteiger partial charge in [0.15, 0.2) is 0 Å². The lowest BCUT2D eigenvalue weighted by molar-refractivity contribution is -0.118. The van der Waals surface area contributed by atoms with Crippen molar-refractivity contribution < 1.29 is 9.53 Å². The molecule has 0 saturated heterocycles. The highest BCUT2D eigenvalue weighted by Gasteiger charge is 2.12. The number of carbonyl (C=O) groups excluding carboxylic acids is 1. The zero-order valence-electron chi connectivity index (χ0n) is 13.3. The minimum atomic E-state index is -0.114. The molecule has 2 aromatic rings. The van der Waals surface area contributed by atoms with Gasteiger partial charge in [-0.1, -0.05) is 26.0 Å². The lowest BCUT2D eigenvalue weighted by atomic mass is 10.1. The van der Waals surface area contributed by atoms with Gasteiger partial charge >= 0.3 is 0 Å². The van der Waals surface area contributed by atoms with Crippen molar-refractivity contribution in [2.75, 3.05) is 6.54 Å². The SMILES string of the molecule is CC(=O)NCCc1c[nH]c2c(OC(S)CC(C)C)cccc12. The third-order valence-electron chi connectivity index (χ3n) is 3.47. The van der Waals surface area contributed by atoms with E-state index in [1.807, 2.05) is 18.3 Å². The molecule has 1 heterocycles. The summed E-state index contributed by atoms with van der Waals surface area (Å²) in [6.45, 7) is 6.47. The standard InChI is InChI=1S/C17H24N2O2S/c1-11(2)9-16(22)21-15-6-4-5-14-13(10-19-17(14)15)7-8-18-12(3)20/h4-6,10-11,16,19,22H,7-9H2,1-3H3,(H,18,20). The van der Waals surface area contributed by atoms with Crippen molar-refractivity contribution >= 4 is 29.4 Å². The van der Waals surface area contributed by atoms with Crippen LogP contribution in [0.4, 0.5) is 0 Å². The van der Waals surface area contributed by atoms with Gasteiger partial charge in [0.1, 0.15) is 11.2 Å². The van der Waals surface area contributed by atoms with Crippen LogP contribution >= 0.6 is 12.6 Å². The molecule has 0 aliphatic heterocycles. The highest BCUT2D eigenvalue weighted by Crippen LogP contribution is 2.29. The number of rotatable bonds is 7. The van der Waals surface area contributed by atoms with Gasteiger partial charge in [0.2, 0.25) is 5.91 Å². The van der Waals surface area contributed by atoms with E-state index in [1.165, 1.54) is 12.5 Å². The highest BCUT2D eigenvalue weighted by molar-refractivity contribution is 7.80. The van der Waals surface area contributed by atoms with E-state index in [1.54, 1.807) is 0 Å². The Kier molecular flexibility index (Phi) is 5.77. The summed E-state index contributed by atoms with van der Waals surface area (Å²) in [6, 6.07) is 6.01. The Hall–Kier alpha value is -1.62. The number of thiol groups is 1. The molecule has 0 aliphatic carbocycles. The third-order valence-corrected chi connectivity index (χ3v) is 3.78. The summed E-state index contributed by atoms with van der Waals surface area (Å²) >= 11 is 4.51. The van der Waals surface area contributed by atoms with Gasteiger partial charge in [-0.05, 0) is 30.4 Å². The van der Waals surface area contributed by atoms with Crippen LogP contribution in [0.5, 0.6) is 5.75 Å². The number of H-pyrrole nitrogens is 1. The smallest absolute Gasteiger partial charge is 0.216 e. The zero-order chi connectivity index (χ0) is 16.1. The van der Waals surface area contributed by atoms with Crippen LogP contribution in [0.3, 0.4) is 0 Å². The number of nitrogens with one attached hydrogen (secondary N) is 2. The predicted molar refractivity (Wildman–Crippen MR) is 93.5 cm³/mol. The summed E-state index contributed by atoms with van der Waals surface area (Å²) in [6.07, 6.45) is 3.67. The van der Waals surface area contributed by atoms with E-state index < -0.39 is 0 Å². The van der Waals surface area contributed by atoms with Crippen LogP contribution in [0.25, 0.3) is 10.9 Å². The molecule has 0 spiro atoms. The number of benzene rings is 1. The molecule has 1 amide bonds. The van der Waals surface area contributed by atoms with Gasteiger partial charge in [0.25, 0.3) is 0 Å². The minimum absolute atomic E-state index is 0.00420. The van der Waals surface area contributed by atoms with Crippen LogP contribution in [0.2, 0.25) is 0 Å². The molecular weight excluding hydrogens is 296 g/mol. The lowest BCUT2D eigenvalue weighted by Gasteiger charge is -2.16. The number of ether oxygens (including phenoxy) is 1. The maximum absolute atomic E-state index is 11.0. The van der Waals surface area contributed by atoms with Crippen molar-refractivity contribution in [2.24, 2.45) is 5.92 Å². The van der Waals surface area contributed by atoms with E-state index in [0.717, 1.165) is 29.5 Å². The Morgan fingerprint density at radius 3 is 2.86 bits per heavy atom. The largest absolute Gasteiger partial charge is 0.478 e. The van der Waals surface area contributed by atoms with Gasteiger partial charge in [-0.15, -0.1) is 12.6 Å². The first-order valence-electron chi connectivity index (χ1n) is 7.65. The summed E-state index contributed by atoms with van der Waals surface area (Å²) in [7, 11) is 0. The second-order valence-electron chi connectivity index (χ2n) is 5.93. The zero-order valence-corrected chi connectivity index (χ0v) is 14.2. The van der Waals surface area contributed by atoms with Crippen molar-refractivity contribution in [1.29, 1.82) is 0 Å². The molecule has 0 radical (unpaired) electrons. The number of hydrogen-bond donors (Lipinski definition) is 3. The van der Waals surface area contributed by atoms with Crippen LogP contribution in [0.15, 0.2) is 24.4 Å². The monoisotopic (exact) mass is 320 g/mol. The van der Waals surface area contributed by atoms with Crippen molar-refractivity contribution in [2.45, 2.75) is 39.0 Å². The fourth-order valence-electron chi connectivity index (χ4n) is 2.46. The maximum atomic E-state index is 11.0. The average Bonchev–Trinajstić information content (AvgIpc) is 2.82. The van der Waals surface area contributed by atoms with Crippen LogP contribution in [0.1, 0.15) is 32.8 Å². The number of hydrogen-bond acceptors (Lipinski definition) is 3. The van der Waals surface area contributed by atoms with Gasteiger partial charge in [-0.2, -0.15) is 0 Å². The van der Waals surface area contributed by atoms with E-state index in [9.17, 15) is 4.79 Å². The average molecular weight is 320 g/mol. The summed E-state index contributed by atoms with van der Waals surface area (Å²) in [5.74, 6) is 1.36. The second-order valence-corrected chi connectivity index (χ2v) is 6.50. The van der Waals surface area contributed by atoms with Crippen LogP contribution in [0, 0.1) is 5.92 Å². The van der Waals surface area contributed by atoms with Gasteiger partial charge < -0.3 is 15.0 Å². The first kappa shape index (κ1) is 16.7. The van der Waals surface area contributed by atoms with Gasteiger partial charge in [-0.25, -0.2) is 0 Å². The summed E-state index contributed by atoms with van der Waals surface area (Å²) in [4.78, 5) is 14.2. The van der Waals surface area contributed by atoms with Crippen molar-refractivity contribution in [3.63, 3.8) is 0 Å². The van der Waals surface area contributed by atoms with E-state index in [-0.39, 0.29) is 11.3 Å². The first-order valence-corrected chi connectivity index (χ1v) is 8.17. The Labute approximate surface area is 137 Å². The van der Waals surface area contributed by atoms with Crippen molar-refractivity contribution in [3.8, 4) is 5.75 Å². The molecule has 5 heteroatoms.